The Kier molecular flexibility index (Phi) is 3.14. The van der Waals surface area contributed by atoms with Crippen LogP contribution in [-0.4, -0.2) is 24.2 Å². The van der Waals surface area contributed by atoms with E-state index in [9.17, 15) is 8.78 Å². The van der Waals surface area contributed by atoms with Crippen LogP contribution in [0.1, 0.15) is 20.3 Å². The van der Waals surface area contributed by atoms with Crippen LogP contribution in [0.15, 0.2) is 6.07 Å². The zero-order valence-electron chi connectivity index (χ0n) is 10.6. The first kappa shape index (κ1) is 13.0. The lowest BCUT2D eigenvalue weighted by Gasteiger charge is -2.51. The average Bonchev–Trinajstić information content (AvgIpc) is 2.30. The molecule has 0 aliphatic heterocycles. The molecule has 0 amide bonds. The van der Waals surface area contributed by atoms with Gasteiger partial charge in [-0.25, -0.2) is 13.8 Å². The number of nitrogens with zero attached hydrogens (tertiary/aromatic N) is 1. The number of pyridine rings is 1. The number of rotatable bonds is 3. The zero-order chi connectivity index (χ0) is 13.5. The van der Waals surface area contributed by atoms with Crippen LogP contribution in [0.25, 0.3) is 0 Å². The van der Waals surface area contributed by atoms with Crippen LogP contribution in [-0.2, 0) is 4.74 Å². The van der Waals surface area contributed by atoms with Gasteiger partial charge < -0.3 is 15.8 Å². The van der Waals surface area contributed by atoms with E-state index in [1.165, 1.54) is 0 Å². The fraction of sp³-hybridized carbons (Fsp3) is 0.583. The molecule has 1 aliphatic rings. The van der Waals surface area contributed by atoms with Crippen molar-refractivity contribution in [3.8, 4) is 0 Å². The van der Waals surface area contributed by atoms with Crippen LogP contribution >= 0.6 is 0 Å². The summed E-state index contributed by atoms with van der Waals surface area (Å²) in [6.45, 7) is 4.04. The second-order valence-corrected chi connectivity index (χ2v) is 5.16. The number of hydrogen-bond acceptors (Lipinski definition) is 4. The molecule has 0 bridgehead atoms. The summed E-state index contributed by atoms with van der Waals surface area (Å²) < 4.78 is 31.8. The summed E-state index contributed by atoms with van der Waals surface area (Å²) in [7, 11) is 1.65. The van der Waals surface area contributed by atoms with E-state index < -0.39 is 11.6 Å². The lowest BCUT2D eigenvalue weighted by atomic mass is 9.64. The molecule has 2 atom stereocenters. The van der Waals surface area contributed by atoms with Crippen molar-refractivity contribution in [1.29, 1.82) is 0 Å². The van der Waals surface area contributed by atoms with E-state index in [4.69, 9.17) is 10.5 Å². The highest BCUT2D eigenvalue weighted by molar-refractivity contribution is 5.46. The molecule has 2 rings (SSSR count). The van der Waals surface area contributed by atoms with Crippen molar-refractivity contribution in [3.05, 3.63) is 17.7 Å². The van der Waals surface area contributed by atoms with Gasteiger partial charge >= 0.3 is 0 Å². The van der Waals surface area contributed by atoms with Crippen molar-refractivity contribution >= 4 is 11.6 Å². The van der Waals surface area contributed by atoms with Crippen molar-refractivity contribution in [3.63, 3.8) is 0 Å². The molecule has 18 heavy (non-hydrogen) atoms. The van der Waals surface area contributed by atoms with Gasteiger partial charge in [0.1, 0.15) is 0 Å². The smallest absolute Gasteiger partial charge is 0.168 e. The maximum Gasteiger partial charge on any atom is 0.168 e. The fourth-order valence-electron chi connectivity index (χ4n) is 2.28. The topological polar surface area (TPSA) is 60.2 Å². The summed E-state index contributed by atoms with van der Waals surface area (Å²) in [4.78, 5) is 3.69. The SMILES string of the molecule is COC1CC(Nc2nc(N)c(F)cc2F)C1(C)C. The fourth-order valence-corrected chi connectivity index (χ4v) is 2.28. The third-order valence-corrected chi connectivity index (χ3v) is 3.73. The highest BCUT2D eigenvalue weighted by atomic mass is 19.1. The molecule has 3 N–H and O–H groups in total. The van der Waals surface area contributed by atoms with Crippen molar-refractivity contribution in [1.82, 2.24) is 4.98 Å². The number of nitrogens with two attached hydrogens (primary N) is 1. The molecule has 0 saturated heterocycles. The van der Waals surface area contributed by atoms with E-state index in [1.54, 1.807) is 7.11 Å². The Hall–Kier alpha value is -1.43. The van der Waals surface area contributed by atoms with Crippen LogP contribution in [0.3, 0.4) is 0 Å². The molecule has 6 heteroatoms. The Morgan fingerprint density at radius 2 is 2.11 bits per heavy atom. The van der Waals surface area contributed by atoms with Crippen molar-refractivity contribution in [2.75, 3.05) is 18.2 Å². The summed E-state index contributed by atoms with van der Waals surface area (Å²) in [6.07, 6.45) is 0.873. The van der Waals surface area contributed by atoms with E-state index in [-0.39, 0.29) is 29.2 Å². The molecule has 1 fully saturated rings. The predicted molar refractivity (Wildman–Crippen MR) is 65.2 cm³/mol. The number of ether oxygens (including phenoxy) is 1. The molecule has 0 radical (unpaired) electrons. The van der Waals surface area contributed by atoms with Crippen molar-refractivity contribution < 1.29 is 13.5 Å². The van der Waals surface area contributed by atoms with E-state index in [0.717, 1.165) is 12.5 Å². The first-order chi connectivity index (χ1) is 8.36. The van der Waals surface area contributed by atoms with Gasteiger partial charge in [-0.3, -0.25) is 0 Å². The number of aromatic nitrogens is 1. The lowest BCUT2D eigenvalue weighted by Crippen LogP contribution is -2.57. The van der Waals surface area contributed by atoms with Crippen molar-refractivity contribution in [2.45, 2.75) is 32.4 Å². The van der Waals surface area contributed by atoms with Crippen LogP contribution in [0.5, 0.6) is 0 Å². The molecule has 2 unspecified atom stereocenters. The number of hydrogen-bond donors (Lipinski definition) is 2. The number of nitrogen functional groups attached to an aromatic ring is 1. The normalized spacial score (nSPS) is 25.6. The van der Waals surface area contributed by atoms with E-state index >= 15 is 0 Å². The summed E-state index contributed by atoms with van der Waals surface area (Å²) in [5.74, 6) is -1.90. The summed E-state index contributed by atoms with van der Waals surface area (Å²) in [6, 6.07) is 0.763. The van der Waals surface area contributed by atoms with Gasteiger partial charge in [-0.05, 0) is 6.42 Å². The molecule has 0 spiro atoms. The minimum Gasteiger partial charge on any atom is -0.381 e. The highest BCUT2D eigenvalue weighted by Gasteiger charge is 2.48. The summed E-state index contributed by atoms with van der Waals surface area (Å²) >= 11 is 0. The number of anilines is 2. The van der Waals surface area contributed by atoms with Gasteiger partial charge in [0.15, 0.2) is 23.3 Å². The maximum absolute atomic E-state index is 13.5. The van der Waals surface area contributed by atoms with Crippen LogP contribution in [0.4, 0.5) is 20.4 Å². The molecule has 4 nitrogen and oxygen atoms in total. The van der Waals surface area contributed by atoms with Gasteiger partial charge in [0.2, 0.25) is 0 Å². The summed E-state index contributed by atoms with van der Waals surface area (Å²) in [5, 5.41) is 2.96. The predicted octanol–water partition coefficient (Wildman–Crippen LogP) is 2.17. The minimum absolute atomic E-state index is 0.0125. The van der Waals surface area contributed by atoms with E-state index in [2.05, 4.69) is 10.3 Å². The third-order valence-electron chi connectivity index (χ3n) is 3.73. The minimum atomic E-state index is -0.847. The van der Waals surface area contributed by atoms with Crippen LogP contribution in [0.2, 0.25) is 0 Å². The molecule has 1 saturated carbocycles. The van der Waals surface area contributed by atoms with Crippen molar-refractivity contribution in [2.24, 2.45) is 5.41 Å². The Bertz CT molecular complexity index is 465. The van der Waals surface area contributed by atoms with E-state index in [1.807, 2.05) is 13.8 Å². The molecule has 1 aliphatic carbocycles. The van der Waals surface area contributed by atoms with Crippen LogP contribution < -0.4 is 11.1 Å². The second-order valence-electron chi connectivity index (χ2n) is 5.16. The first-order valence-corrected chi connectivity index (χ1v) is 5.77. The number of methoxy groups -OCH3 is 1. The lowest BCUT2D eigenvalue weighted by molar-refractivity contribution is -0.0796. The summed E-state index contributed by atoms with van der Waals surface area (Å²) in [5.41, 5.74) is 5.20. The van der Waals surface area contributed by atoms with Gasteiger partial charge in [0.05, 0.1) is 6.10 Å². The molecule has 100 valence electrons. The zero-order valence-corrected chi connectivity index (χ0v) is 10.6. The van der Waals surface area contributed by atoms with Gasteiger partial charge in [0.25, 0.3) is 0 Å². The largest absolute Gasteiger partial charge is 0.381 e. The molecule has 1 aromatic rings. The molecular formula is C12H17F2N3O. The monoisotopic (exact) mass is 257 g/mol. The average molecular weight is 257 g/mol. The van der Waals surface area contributed by atoms with Crippen LogP contribution in [0, 0.1) is 17.0 Å². The second kappa shape index (κ2) is 4.35. The van der Waals surface area contributed by atoms with E-state index in [0.29, 0.717) is 0 Å². The van der Waals surface area contributed by atoms with Gasteiger partial charge in [-0.1, -0.05) is 13.8 Å². The molecule has 1 heterocycles. The highest BCUT2D eigenvalue weighted by Crippen LogP contribution is 2.44. The Labute approximate surface area is 105 Å². The number of nitrogens with one attached hydrogen (secondary N) is 1. The Balaban J connectivity index is 2.14. The first-order valence-electron chi connectivity index (χ1n) is 5.77. The standard InChI is InChI=1S/C12H17F2N3O/c1-12(2)8(5-9(12)18-3)16-11-7(14)4-6(13)10(15)17-11/h4,8-9H,5H2,1-3H3,(H3,15,16,17). The Morgan fingerprint density at radius 1 is 1.44 bits per heavy atom. The molecule has 0 aromatic carbocycles. The van der Waals surface area contributed by atoms with Gasteiger partial charge in [-0.15, -0.1) is 0 Å². The maximum atomic E-state index is 13.5. The third kappa shape index (κ3) is 2.01. The number of halogens is 2. The Morgan fingerprint density at radius 3 is 2.67 bits per heavy atom. The molecular weight excluding hydrogens is 240 g/mol. The van der Waals surface area contributed by atoms with Gasteiger partial charge in [-0.2, -0.15) is 0 Å². The van der Waals surface area contributed by atoms with Gasteiger partial charge in [0, 0.05) is 24.6 Å². The quantitative estimate of drug-likeness (QED) is 0.871. The molecule has 1 aromatic heterocycles.